The predicted molar refractivity (Wildman–Crippen MR) is 147 cm³/mol. The molecule has 0 spiro atoms. The molecule has 0 fully saturated rings. The molecule has 4 aromatic rings. The number of anilines is 2. The Morgan fingerprint density at radius 1 is 0.833 bits per heavy atom. The van der Waals surface area contributed by atoms with Gasteiger partial charge in [0, 0.05) is 16.1 Å². The molecule has 0 heterocycles. The Bertz CT molecular complexity index is 1340. The maximum atomic E-state index is 13.5. The molecule has 182 valence electrons. The first-order valence-corrected chi connectivity index (χ1v) is 12.6. The van der Waals surface area contributed by atoms with Gasteiger partial charge in [-0.15, -0.1) is 11.8 Å². The van der Waals surface area contributed by atoms with Gasteiger partial charge in [-0.25, -0.2) is 0 Å². The maximum Gasteiger partial charge on any atom is 0.255 e. The zero-order chi connectivity index (χ0) is 25.3. The van der Waals surface area contributed by atoms with Gasteiger partial charge in [0.15, 0.2) is 0 Å². The Morgan fingerprint density at radius 3 is 2.33 bits per heavy atom. The van der Waals surface area contributed by atoms with Crippen molar-refractivity contribution in [2.75, 3.05) is 17.2 Å². The molecule has 2 amide bonds. The van der Waals surface area contributed by atoms with E-state index in [-0.39, 0.29) is 11.8 Å². The average Bonchev–Trinajstić information content (AvgIpc) is 2.89. The van der Waals surface area contributed by atoms with Gasteiger partial charge in [0.25, 0.3) is 5.91 Å². The number of aryl methyl sites for hydroxylation is 1. The molecular formula is C30H28N2O3S. The molecule has 0 radical (unpaired) electrons. The Hall–Kier alpha value is -4.03. The van der Waals surface area contributed by atoms with Gasteiger partial charge in [0.2, 0.25) is 5.91 Å². The van der Waals surface area contributed by atoms with Gasteiger partial charge in [0.1, 0.15) is 11.0 Å². The number of benzene rings is 4. The van der Waals surface area contributed by atoms with Crippen LogP contribution >= 0.6 is 11.8 Å². The lowest BCUT2D eigenvalue weighted by Gasteiger charge is -2.19. The molecule has 1 unspecified atom stereocenters. The molecule has 0 aromatic heterocycles. The second-order valence-electron chi connectivity index (χ2n) is 8.12. The van der Waals surface area contributed by atoms with Crippen molar-refractivity contribution in [1.29, 1.82) is 0 Å². The highest BCUT2D eigenvalue weighted by Gasteiger charge is 2.23. The van der Waals surface area contributed by atoms with Crippen molar-refractivity contribution in [3.05, 3.63) is 120 Å². The standard InChI is InChI=1S/C30H28N2O3S/c1-3-35-27-19-10-9-18-26(27)32-30(34)28(22-13-5-4-6-14-22)36-24-16-11-15-23(20-24)31-29(33)25-17-8-7-12-21(25)2/h4-20,28H,3H2,1-2H3,(H,31,33)(H,32,34). The largest absolute Gasteiger partial charge is 0.492 e. The van der Waals surface area contributed by atoms with Gasteiger partial charge in [0.05, 0.1) is 12.3 Å². The molecule has 0 aliphatic heterocycles. The molecule has 0 saturated carbocycles. The zero-order valence-electron chi connectivity index (χ0n) is 20.2. The highest BCUT2D eigenvalue weighted by molar-refractivity contribution is 8.00. The van der Waals surface area contributed by atoms with Crippen molar-refractivity contribution in [2.24, 2.45) is 0 Å². The molecule has 4 aromatic carbocycles. The molecule has 6 heteroatoms. The highest BCUT2D eigenvalue weighted by Crippen LogP contribution is 2.38. The number of hydrogen-bond donors (Lipinski definition) is 2. The number of rotatable bonds is 9. The smallest absolute Gasteiger partial charge is 0.255 e. The van der Waals surface area contributed by atoms with Crippen LogP contribution in [0.4, 0.5) is 11.4 Å². The fourth-order valence-electron chi connectivity index (χ4n) is 3.76. The van der Waals surface area contributed by atoms with E-state index in [9.17, 15) is 9.59 Å². The molecule has 0 saturated heterocycles. The molecule has 2 N–H and O–H groups in total. The zero-order valence-corrected chi connectivity index (χ0v) is 21.0. The van der Waals surface area contributed by atoms with E-state index in [1.165, 1.54) is 11.8 Å². The first-order valence-electron chi connectivity index (χ1n) is 11.8. The Labute approximate surface area is 215 Å². The Balaban J connectivity index is 1.56. The van der Waals surface area contributed by atoms with Gasteiger partial charge in [-0.2, -0.15) is 0 Å². The number of nitrogens with one attached hydrogen (secondary N) is 2. The number of amides is 2. The minimum atomic E-state index is -0.511. The van der Waals surface area contributed by atoms with Crippen molar-refractivity contribution in [3.63, 3.8) is 0 Å². The second kappa shape index (κ2) is 12.1. The number of ether oxygens (including phenoxy) is 1. The average molecular weight is 497 g/mol. The Kier molecular flexibility index (Phi) is 8.42. The molecule has 0 bridgehead atoms. The molecule has 0 aliphatic carbocycles. The summed E-state index contributed by atoms with van der Waals surface area (Å²) in [5, 5.41) is 5.50. The van der Waals surface area contributed by atoms with Crippen molar-refractivity contribution in [1.82, 2.24) is 0 Å². The number of hydrogen-bond acceptors (Lipinski definition) is 4. The number of para-hydroxylation sites is 2. The highest BCUT2D eigenvalue weighted by atomic mass is 32.2. The summed E-state index contributed by atoms with van der Waals surface area (Å²) >= 11 is 1.42. The first-order chi connectivity index (χ1) is 17.5. The summed E-state index contributed by atoms with van der Waals surface area (Å²) in [5.74, 6) is 0.305. The van der Waals surface area contributed by atoms with Crippen LogP contribution in [0.1, 0.15) is 33.7 Å². The van der Waals surface area contributed by atoms with E-state index in [2.05, 4.69) is 10.6 Å². The van der Waals surface area contributed by atoms with Crippen LogP contribution in [0.5, 0.6) is 5.75 Å². The van der Waals surface area contributed by atoms with Crippen LogP contribution in [-0.2, 0) is 4.79 Å². The monoisotopic (exact) mass is 496 g/mol. The topological polar surface area (TPSA) is 67.4 Å². The minimum Gasteiger partial charge on any atom is -0.492 e. The fraction of sp³-hybridized carbons (Fsp3) is 0.133. The normalized spacial score (nSPS) is 11.4. The lowest BCUT2D eigenvalue weighted by Crippen LogP contribution is -2.19. The third-order valence-electron chi connectivity index (χ3n) is 5.52. The molecular weight excluding hydrogens is 468 g/mol. The SMILES string of the molecule is CCOc1ccccc1NC(=O)C(Sc1cccc(NC(=O)c2ccccc2C)c1)c1ccccc1. The summed E-state index contributed by atoms with van der Waals surface area (Å²) in [7, 11) is 0. The van der Waals surface area contributed by atoms with E-state index in [1.54, 1.807) is 6.07 Å². The lowest BCUT2D eigenvalue weighted by atomic mass is 10.1. The molecule has 4 rings (SSSR count). The fourth-order valence-corrected chi connectivity index (χ4v) is 4.84. The molecule has 0 aliphatic rings. The summed E-state index contributed by atoms with van der Waals surface area (Å²) < 4.78 is 5.68. The Morgan fingerprint density at radius 2 is 1.56 bits per heavy atom. The third-order valence-corrected chi connectivity index (χ3v) is 6.77. The summed E-state index contributed by atoms with van der Waals surface area (Å²) in [6.45, 7) is 4.32. The molecule has 1 atom stereocenters. The van der Waals surface area contributed by atoms with Gasteiger partial charge >= 0.3 is 0 Å². The molecule has 36 heavy (non-hydrogen) atoms. The van der Waals surface area contributed by atoms with Crippen molar-refractivity contribution >= 4 is 35.0 Å². The number of carbonyl (C=O) groups excluding carboxylic acids is 2. The van der Waals surface area contributed by atoms with Crippen LogP contribution < -0.4 is 15.4 Å². The van der Waals surface area contributed by atoms with Crippen LogP contribution in [0.15, 0.2) is 108 Å². The van der Waals surface area contributed by atoms with Crippen LogP contribution in [0.25, 0.3) is 0 Å². The van der Waals surface area contributed by atoms with E-state index in [0.29, 0.717) is 29.3 Å². The summed E-state index contributed by atoms with van der Waals surface area (Å²) in [4.78, 5) is 27.2. The lowest BCUT2D eigenvalue weighted by molar-refractivity contribution is -0.115. The summed E-state index contributed by atoms with van der Waals surface area (Å²) in [6.07, 6.45) is 0. The summed E-state index contributed by atoms with van der Waals surface area (Å²) in [5.41, 5.74) is 3.72. The van der Waals surface area contributed by atoms with Gasteiger partial charge in [-0.3, -0.25) is 9.59 Å². The van der Waals surface area contributed by atoms with E-state index >= 15 is 0 Å². The molecule has 5 nitrogen and oxygen atoms in total. The minimum absolute atomic E-state index is 0.160. The van der Waals surface area contributed by atoms with Crippen LogP contribution in [0, 0.1) is 6.92 Å². The van der Waals surface area contributed by atoms with E-state index < -0.39 is 5.25 Å². The van der Waals surface area contributed by atoms with Crippen molar-refractivity contribution in [3.8, 4) is 5.75 Å². The van der Waals surface area contributed by atoms with E-state index in [4.69, 9.17) is 4.74 Å². The maximum absolute atomic E-state index is 13.5. The van der Waals surface area contributed by atoms with Crippen LogP contribution in [0.3, 0.4) is 0 Å². The first kappa shape index (κ1) is 25.1. The van der Waals surface area contributed by atoms with Gasteiger partial charge in [-0.05, 0) is 61.4 Å². The number of carbonyl (C=O) groups is 2. The van der Waals surface area contributed by atoms with E-state index in [0.717, 1.165) is 16.0 Å². The third kappa shape index (κ3) is 6.34. The number of thioether (sulfide) groups is 1. The van der Waals surface area contributed by atoms with Crippen molar-refractivity contribution < 1.29 is 14.3 Å². The second-order valence-corrected chi connectivity index (χ2v) is 9.30. The van der Waals surface area contributed by atoms with Gasteiger partial charge < -0.3 is 15.4 Å². The van der Waals surface area contributed by atoms with Gasteiger partial charge in [-0.1, -0.05) is 66.7 Å². The van der Waals surface area contributed by atoms with Crippen molar-refractivity contribution in [2.45, 2.75) is 24.0 Å². The summed E-state index contributed by atoms with van der Waals surface area (Å²) in [6, 6.07) is 32.1. The van der Waals surface area contributed by atoms with Crippen LogP contribution in [-0.4, -0.2) is 18.4 Å². The quantitative estimate of drug-likeness (QED) is 0.242. The van der Waals surface area contributed by atoms with E-state index in [1.807, 2.05) is 111 Å². The van der Waals surface area contributed by atoms with Crippen LogP contribution in [0.2, 0.25) is 0 Å². The predicted octanol–water partition coefficient (Wildman–Crippen LogP) is 7.12.